The SMILES string of the molecule is CC1(C)CN(c2ccccc2Br)CCN1. The van der Waals surface area contributed by atoms with Gasteiger partial charge in [-0.3, -0.25) is 0 Å². The lowest BCUT2D eigenvalue weighted by molar-refractivity contribution is 0.353. The third-order valence-corrected chi connectivity index (χ3v) is 3.44. The van der Waals surface area contributed by atoms with Gasteiger partial charge < -0.3 is 10.2 Å². The van der Waals surface area contributed by atoms with Gasteiger partial charge in [-0.05, 0) is 41.9 Å². The maximum atomic E-state index is 3.61. The van der Waals surface area contributed by atoms with Crippen molar-refractivity contribution in [1.82, 2.24) is 5.32 Å². The van der Waals surface area contributed by atoms with Crippen LogP contribution in [0.15, 0.2) is 28.7 Å². The summed E-state index contributed by atoms with van der Waals surface area (Å²) in [7, 11) is 0. The van der Waals surface area contributed by atoms with Crippen LogP contribution in [-0.4, -0.2) is 25.2 Å². The Morgan fingerprint density at radius 2 is 2.07 bits per heavy atom. The second-order valence-electron chi connectivity index (χ2n) is 4.68. The largest absolute Gasteiger partial charge is 0.368 e. The number of hydrogen-bond donors (Lipinski definition) is 1. The average Bonchev–Trinajstić information content (AvgIpc) is 2.17. The van der Waals surface area contributed by atoms with Crippen molar-refractivity contribution in [3.05, 3.63) is 28.7 Å². The van der Waals surface area contributed by atoms with Crippen molar-refractivity contribution < 1.29 is 0 Å². The molecule has 0 bridgehead atoms. The molecule has 1 aromatic carbocycles. The first-order valence-electron chi connectivity index (χ1n) is 5.33. The number of nitrogens with zero attached hydrogens (tertiary/aromatic N) is 1. The Morgan fingerprint density at radius 1 is 1.33 bits per heavy atom. The van der Waals surface area contributed by atoms with Crippen LogP contribution in [0.5, 0.6) is 0 Å². The molecule has 1 fully saturated rings. The van der Waals surface area contributed by atoms with Gasteiger partial charge in [0.05, 0.1) is 5.69 Å². The van der Waals surface area contributed by atoms with Gasteiger partial charge in [0.2, 0.25) is 0 Å². The van der Waals surface area contributed by atoms with Crippen LogP contribution in [0.2, 0.25) is 0 Å². The zero-order valence-electron chi connectivity index (χ0n) is 9.26. The minimum absolute atomic E-state index is 0.202. The number of piperazine rings is 1. The van der Waals surface area contributed by atoms with E-state index in [4.69, 9.17) is 0 Å². The maximum Gasteiger partial charge on any atom is 0.0511 e. The molecule has 1 N–H and O–H groups in total. The van der Waals surface area contributed by atoms with Crippen LogP contribution in [0.3, 0.4) is 0 Å². The van der Waals surface area contributed by atoms with Crippen molar-refractivity contribution in [2.75, 3.05) is 24.5 Å². The number of nitrogens with one attached hydrogen (secondary N) is 1. The van der Waals surface area contributed by atoms with Crippen molar-refractivity contribution in [1.29, 1.82) is 0 Å². The molecule has 0 amide bonds. The molecule has 0 radical (unpaired) electrons. The highest BCUT2D eigenvalue weighted by Crippen LogP contribution is 2.27. The van der Waals surface area contributed by atoms with Gasteiger partial charge in [0.25, 0.3) is 0 Å². The molecule has 0 aromatic heterocycles. The zero-order chi connectivity index (χ0) is 10.9. The summed E-state index contributed by atoms with van der Waals surface area (Å²) in [6.45, 7) is 7.67. The fourth-order valence-corrected chi connectivity index (χ4v) is 2.59. The Balaban J connectivity index is 2.21. The van der Waals surface area contributed by atoms with Crippen molar-refractivity contribution in [3.63, 3.8) is 0 Å². The molecular formula is C12H17BrN2. The van der Waals surface area contributed by atoms with Crippen LogP contribution in [0.25, 0.3) is 0 Å². The third kappa shape index (κ3) is 2.52. The van der Waals surface area contributed by atoms with Crippen molar-refractivity contribution in [3.8, 4) is 0 Å². The first-order chi connectivity index (χ1) is 7.08. The molecule has 1 aliphatic heterocycles. The third-order valence-electron chi connectivity index (χ3n) is 2.76. The molecule has 0 atom stereocenters. The molecule has 3 heteroatoms. The highest BCUT2D eigenvalue weighted by molar-refractivity contribution is 9.10. The molecule has 0 spiro atoms. The summed E-state index contributed by atoms with van der Waals surface area (Å²) in [5.74, 6) is 0. The van der Waals surface area contributed by atoms with E-state index in [0.717, 1.165) is 19.6 Å². The fourth-order valence-electron chi connectivity index (χ4n) is 2.06. The van der Waals surface area contributed by atoms with Gasteiger partial charge in [0.15, 0.2) is 0 Å². The van der Waals surface area contributed by atoms with E-state index in [9.17, 15) is 0 Å². The fraction of sp³-hybridized carbons (Fsp3) is 0.500. The van der Waals surface area contributed by atoms with Crippen LogP contribution in [0.4, 0.5) is 5.69 Å². The lowest BCUT2D eigenvalue weighted by Crippen LogP contribution is -2.57. The molecule has 1 saturated heterocycles. The quantitative estimate of drug-likeness (QED) is 0.843. The van der Waals surface area contributed by atoms with Crippen LogP contribution < -0.4 is 10.2 Å². The summed E-state index contributed by atoms with van der Waals surface area (Å²) >= 11 is 3.61. The molecule has 0 saturated carbocycles. The first-order valence-corrected chi connectivity index (χ1v) is 6.12. The van der Waals surface area contributed by atoms with Crippen LogP contribution in [0.1, 0.15) is 13.8 Å². The number of benzene rings is 1. The summed E-state index contributed by atoms with van der Waals surface area (Å²) in [5, 5.41) is 3.52. The Bertz CT molecular complexity index is 349. The van der Waals surface area contributed by atoms with Crippen LogP contribution in [0, 0.1) is 0 Å². The number of hydrogen-bond acceptors (Lipinski definition) is 2. The van der Waals surface area contributed by atoms with Gasteiger partial charge in [-0.25, -0.2) is 0 Å². The molecule has 1 aromatic rings. The van der Waals surface area contributed by atoms with Gasteiger partial charge in [-0.15, -0.1) is 0 Å². The molecule has 1 heterocycles. The van der Waals surface area contributed by atoms with Gasteiger partial charge in [-0.2, -0.15) is 0 Å². The van der Waals surface area contributed by atoms with Crippen LogP contribution >= 0.6 is 15.9 Å². The smallest absolute Gasteiger partial charge is 0.0511 e. The van der Waals surface area contributed by atoms with E-state index in [-0.39, 0.29) is 5.54 Å². The van der Waals surface area contributed by atoms with E-state index in [1.165, 1.54) is 10.2 Å². The van der Waals surface area contributed by atoms with E-state index in [2.05, 4.69) is 64.3 Å². The minimum Gasteiger partial charge on any atom is -0.368 e. The Kier molecular flexibility index (Phi) is 3.03. The van der Waals surface area contributed by atoms with Gasteiger partial charge in [0, 0.05) is 29.6 Å². The molecule has 0 unspecified atom stereocenters. The molecule has 15 heavy (non-hydrogen) atoms. The monoisotopic (exact) mass is 268 g/mol. The van der Waals surface area contributed by atoms with E-state index in [0.29, 0.717) is 0 Å². The standard InChI is InChI=1S/C12H17BrN2/c1-12(2)9-15(8-7-14-12)11-6-4-3-5-10(11)13/h3-6,14H,7-9H2,1-2H3. The lowest BCUT2D eigenvalue weighted by atomic mass is 10.0. The highest BCUT2D eigenvalue weighted by Gasteiger charge is 2.26. The second-order valence-corrected chi connectivity index (χ2v) is 5.54. The van der Waals surface area contributed by atoms with Crippen LogP contribution in [-0.2, 0) is 0 Å². The summed E-state index contributed by atoms with van der Waals surface area (Å²) in [6.07, 6.45) is 0. The van der Waals surface area contributed by atoms with E-state index in [1.807, 2.05) is 0 Å². The topological polar surface area (TPSA) is 15.3 Å². The molecule has 2 nitrogen and oxygen atoms in total. The number of anilines is 1. The average molecular weight is 269 g/mol. The normalized spacial score (nSPS) is 20.3. The molecule has 2 rings (SSSR count). The summed E-state index contributed by atoms with van der Waals surface area (Å²) in [4.78, 5) is 2.43. The van der Waals surface area contributed by atoms with E-state index < -0.39 is 0 Å². The van der Waals surface area contributed by atoms with Crippen molar-refractivity contribution >= 4 is 21.6 Å². The number of para-hydroxylation sites is 1. The highest BCUT2D eigenvalue weighted by atomic mass is 79.9. The predicted molar refractivity (Wildman–Crippen MR) is 68.4 cm³/mol. The number of halogens is 1. The van der Waals surface area contributed by atoms with Gasteiger partial charge >= 0.3 is 0 Å². The Morgan fingerprint density at radius 3 is 2.73 bits per heavy atom. The molecule has 82 valence electrons. The summed E-state index contributed by atoms with van der Waals surface area (Å²) in [6, 6.07) is 8.42. The van der Waals surface area contributed by atoms with E-state index in [1.54, 1.807) is 0 Å². The van der Waals surface area contributed by atoms with Crippen molar-refractivity contribution in [2.45, 2.75) is 19.4 Å². The molecule has 0 aliphatic carbocycles. The summed E-state index contributed by atoms with van der Waals surface area (Å²) in [5.41, 5.74) is 1.50. The molecular weight excluding hydrogens is 252 g/mol. The van der Waals surface area contributed by atoms with Crippen molar-refractivity contribution in [2.24, 2.45) is 0 Å². The summed E-state index contributed by atoms with van der Waals surface area (Å²) < 4.78 is 1.18. The Hall–Kier alpha value is -0.540. The van der Waals surface area contributed by atoms with Gasteiger partial charge in [-0.1, -0.05) is 12.1 Å². The minimum atomic E-state index is 0.202. The van der Waals surface area contributed by atoms with E-state index >= 15 is 0 Å². The maximum absolute atomic E-state index is 3.61. The predicted octanol–water partition coefficient (Wildman–Crippen LogP) is 2.64. The molecule has 1 aliphatic rings. The zero-order valence-corrected chi connectivity index (χ0v) is 10.8. The van der Waals surface area contributed by atoms with Gasteiger partial charge in [0.1, 0.15) is 0 Å². The first kappa shape index (κ1) is 11.0. The Labute approximate surface area is 99.8 Å². The lowest BCUT2D eigenvalue weighted by Gasteiger charge is -2.40. The second kappa shape index (κ2) is 4.14. The number of rotatable bonds is 1.